The average molecular weight is 393 g/mol. The van der Waals surface area contributed by atoms with E-state index in [4.69, 9.17) is 9.47 Å². The molecule has 2 aliphatic heterocycles. The maximum Gasteiger partial charge on any atom is 0.254 e. The first-order chi connectivity index (χ1) is 14.2. The molecule has 5 nitrogen and oxygen atoms in total. The molecular weight excluding hydrogens is 366 g/mol. The second-order valence-corrected chi connectivity index (χ2v) is 8.36. The Morgan fingerprint density at radius 3 is 2.59 bits per heavy atom. The number of fused-ring (bicyclic) bond motifs is 2. The van der Waals surface area contributed by atoms with Gasteiger partial charge in [-0.3, -0.25) is 4.79 Å². The number of amides is 1. The Morgan fingerprint density at radius 2 is 1.76 bits per heavy atom. The van der Waals surface area contributed by atoms with E-state index in [2.05, 4.69) is 0 Å². The largest absolute Gasteiger partial charge is 0.486 e. The van der Waals surface area contributed by atoms with Gasteiger partial charge in [-0.1, -0.05) is 43.2 Å². The molecule has 3 aliphatic rings. The third kappa shape index (κ3) is 3.18. The molecule has 0 spiro atoms. The van der Waals surface area contributed by atoms with Crippen molar-refractivity contribution in [1.82, 2.24) is 4.90 Å². The number of hydrogen-bond donors (Lipinski definition) is 1. The lowest BCUT2D eigenvalue weighted by molar-refractivity contribution is -0.110. The van der Waals surface area contributed by atoms with Crippen LogP contribution in [0.2, 0.25) is 0 Å². The van der Waals surface area contributed by atoms with Crippen molar-refractivity contribution in [2.45, 2.75) is 43.7 Å². The summed E-state index contributed by atoms with van der Waals surface area (Å²) in [6.45, 7) is 1.59. The maximum absolute atomic E-state index is 13.4. The Kier molecular flexibility index (Phi) is 4.70. The van der Waals surface area contributed by atoms with Gasteiger partial charge in [-0.15, -0.1) is 0 Å². The summed E-state index contributed by atoms with van der Waals surface area (Å²) in [6, 6.07) is 15.5. The van der Waals surface area contributed by atoms with Crippen LogP contribution in [0.4, 0.5) is 0 Å². The zero-order chi connectivity index (χ0) is 19.8. The summed E-state index contributed by atoms with van der Waals surface area (Å²) in [7, 11) is 0. The van der Waals surface area contributed by atoms with Gasteiger partial charge in [-0.2, -0.15) is 0 Å². The number of carbonyl (C=O) groups excluding carboxylic acids is 1. The Labute approximate surface area is 171 Å². The molecule has 1 amide bonds. The second-order valence-electron chi connectivity index (χ2n) is 8.36. The molecule has 1 N–H and O–H groups in total. The van der Waals surface area contributed by atoms with Crippen molar-refractivity contribution in [3.05, 3.63) is 59.7 Å². The van der Waals surface area contributed by atoms with E-state index in [-0.39, 0.29) is 17.9 Å². The van der Waals surface area contributed by atoms with E-state index < -0.39 is 5.60 Å². The van der Waals surface area contributed by atoms with Crippen molar-refractivity contribution in [3.8, 4) is 11.5 Å². The van der Waals surface area contributed by atoms with E-state index in [1.165, 1.54) is 0 Å². The zero-order valence-electron chi connectivity index (χ0n) is 16.5. The van der Waals surface area contributed by atoms with Gasteiger partial charge < -0.3 is 19.5 Å². The number of nitrogens with zero attached hydrogens (tertiary/aromatic N) is 1. The standard InChI is InChI=1S/C24H27NO4/c26-23(17-10-11-21-22(16-17)29-15-14-28-21)25-13-12-24(27,18-6-2-1-3-7-18)19-8-4-5-9-20(19)25/h1-3,6-7,10-11,16,19-20,27H,4-5,8-9,12-15H2/t19-,20+,24-/m1/s1. The highest BCUT2D eigenvalue weighted by atomic mass is 16.6. The molecule has 1 aliphatic carbocycles. The van der Waals surface area contributed by atoms with E-state index in [1.54, 1.807) is 6.07 Å². The van der Waals surface area contributed by atoms with Gasteiger partial charge in [0.2, 0.25) is 0 Å². The van der Waals surface area contributed by atoms with E-state index in [9.17, 15) is 9.90 Å². The molecule has 29 heavy (non-hydrogen) atoms. The number of hydrogen-bond acceptors (Lipinski definition) is 4. The van der Waals surface area contributed by atoms with Crippen molar-refractivity contribution < 1.29 is 19.4 Å². The SMILES string of the molecule is O=C(c1ccc2c(c1)OCCO2)N1CC[C@@](O)(c2ccccc2)[C@@H]2CCCC[C@@H]21. The number of aliphatic hydroxyl groups is 1. The number of carbonyl (C=O) groups is 1. The van der Waals surface area contributed by atoms with Crippen LogP contribution in [0.5, 0.6) is 11.5 Å². The quantitative estimate of drug-likeness (QED) is 0.844. The lowest BCUT2D eigenvalue weighted by Gasteiger charge is -2.52. The van der Waals surface area contributed by atoms with Gasteiger partial charge in [0.25, 0.3) is 5.91 Å². The van der Waals surface area contributed by atoms with Crippen LogP contribution in [0.25, 0.3) is 0 Å². The zero-order valence-corrected chi connectivity index (χ0v) is 16.5. The van der Waals surface area contributed by atoms with Crippen LogP contribution in [0, 0.1) is 5.92 Å². The first-order valence-electron chi connectivity index (χ1n) is 10.7. The summed E-state index contributed by atoms with van der Waals surface area (Å²) in [5.74, 6) is 1.42. The molecule has 5 heteroatoms. The predicted molar refractivity (Wildman–Crippen MR) is 109 cm³/mol. The van der Waals surface area contributed by atoms with Crippen molar-refractivity contribution in [1.29, 1.82) is 0 Å². The number of rotatable bonds is 2. The maximum atomic E-state index is 13.4. The van der Waals surface area contributed by atoms with Gasteiger partial charge in [-0.05, 0) is 43.0 Å². The summed E-state index contributed by atoms with van der Waals surface area (Å²) in [6.07, 6.45) is 4.64. The monoisotopic (exact) mass is 393 g/mol. The van der Waals surface area contributed by atoms with Crippen LogP contribution in [0.3, 0.4) is 0 Å². The van der Waals surface area contributed by atoms with Crippen LogP contribution in [0.1, 0.15) is 48.0 Å². The smallest absolute Gasteiger partial charge is 0.254 e. The molecule has 1 saturated heterocycles. The van der Waals surface area contributed by atoms with Crippen LogP contribution in [0.15, 0.2) is 48.5 Å². The molecule has 152 valence electrons. The Morgan fingerprint density at radius 1 is 1.00 bits per heavy atom. The third-order valence-electron chi connectivity index (χ3n) is 6.80. The number of likely N-dealkylation sites (tertiary alicyclic amines) is 1. The molecular formula is C24H27NO4. The first kappa shape index (κ1) is 18.5. The van der Waals surface area contributed by atoms with Crippen LogP contribution in [-0.4, -0.2) is 41.7 Å². The van der Waals surface area contributed by atoms with Gasteiger partial charge >= 0.3 is 0 Å². The topological polar surface area (TPSA) is 59.0 Å². The minimum absolute atomic E-state index is 0.0222. The third-order valence-corrected chi connectivity index (χ3v) is 6.80. The Hall–Kier alpha value is -2.53. The molecule has 2 aromatic carbocycles. The van der Waals surface area contributed by atoms with E-state index >= 15 is 0 Å². The van der Waals surface area contributed by atoms with E-state index in [0.29, 0.717) is 43.2 Å². The van der Waals surface area contributed by atoms with Crippen molar-refractivity contribution in [2.24, 2.45) is 5.92 Å². The first-order valence-corrected chi connectivity index (χ1v) is 10.7. The number of benzene rings is 2. The van der Waals surface area contributed by atoms with E-state index in [1.807, 2.05) is 47.4 Å². The molecule has 2 fully saturated rings. The van der Waals surface area contributed by atoms with Gasteiger partial charge in [-0.25, -0.2) is 0 Å². The highest BCUT2D eigenvalue weighted by molar-refractivity contribution is 5.95. The van der Waals surface area contributed by atoms with Crippen molar-refractivity contribution in [3.63, 3.8) is 0 Å². The van der Waals surface area contributed by atoms with Gasteiger partial charge in [0.15, 0.2) is 11.5 Å². The summed E-state index contributed by atoms with van der Waals surface area (Å²) in [5.41, 5.74) is 0.739. The van der Waals surface area contributed by atoms with Crippen LogP contribution >= 0.6 is 0 Å². The minimum Gasteiger partial charge on any atom is -0.486 e. The van der Waals surface area contributed by atoms with Gasteiger partial charge in [0, 0.05) is 24.1 Å². The van der Waals surface area contributed by atoms with Gasteiger partial charge in [0.05, 0.1) is 5.60 Å². The van der Waals surface area contributed by atoms with Gasteiger partial charge in [0.1, 0.15) is 13.2 Å². The molecule has 2 aromatic rings. The fourth-order valence-electron chi connectivity index (χ4n) is 5.36. The second kappa shape index (κ2) is 7.38. The molecule has 0 bridgehead atoms. The number of piperidine rings is 1. The van der Waals surface area contributed by atoms with E-state index in [0.717, 1.165) is 31.2 Å². The fraction of sp³-hybridized carbons (Fsp3) is 0.458. The summed E-state index contributed by atoms with van der Waals surface area (Å²) in [5, 5.41) is 11.7. The summed E-state index contributed by atoms with van der Waals surface area (Å²) in [4.78, 5) is 15.4. The average Bonchev–Trinajstić information content (AvgIpc) is 2.79. The normalized spacial score (nSPS) is 28.5. The minimum atomic E-state index is -0.865. The molecule has 2 heterocycles. The highest BCUT2D eigenvalue weighted by Gasteiger charge is 2.50. The van der Waals surface area contributed by atoms with Crippen LogP contribution < -0.4 is 9.47 Å². The molecule has 5 rings (SSSR count). The molecule has 0 aromatic heterocycles. The highest BCUT2D eigenvalue weighted by Crippen LogP contribution is 2.47. The molecule has 3 atom stereocenters. The predicted octanol–water partition coefficient (Wildman–Crippen LogP) is 3.75. The lowest BCUT2D eigenvalue weighted by atomic mass is 9.66. The Bertz CT molecular complexity index is 899. The molecule has 1 saturated carbocycles. The fourth-order valence-corrected chi connectivity index (χ4v) is 5.36. The molecule has 0 radical (unpaired) electrons. The Balaban J connectivity index is 1.44. The summed E-state index contributed by atoms with van der Waals surface area (Å²) < 4.78 is 11.2. The van der Waals surface area contributed by atoms with Crippen molar-refractivity contribution in [2.75, 3.05) is 19.8 Å². The molecule has 0 unspecified atom stereocenters. The lowest BCUT2D eigenvalue weighted by Crippen LogP contribution is -2.59. The van der Waals surface area contributed by atoms with Crippen molar-refractivity contribution >= 4 is 5.91 Å². The number of ether oxygens (including phenoxy) is 2. The van der Waals surface area contributed by atoms with Crippen LogP contribution in [-0.2, 0) is 5.60 Å². The summed E-state index contributed by atoms with van der Waals surface area (Å²) >= 11 is 0.